The van der Waals surface area contributed by atoms with Crippen LogP contribution in [0.2, 0.25) is 0 Å². The SMILES string of the molecule is Cc1cc(-c2cccs2)nc(C2(CN)COC2)n1. The molecule has 4 nitrogen and oxygen atoms in total. The number of ether oxygens (including phenoxy) is 1. The Morgan fingerprint density at radius 2 is 2.28 bits per heavy atom. The van der Waals surface area contributed by atoms with Crippen LogP contribution >= 0.6 is 11.3 Å². The van der Waals surface area contributed by atoms with Crippen molar-refractivity contribution in [3.8, 4) is 10.6 Å². The third kappa shape index (κ3) is 1.84. The van der Waals surface area contributed by atoms with Gasteiger partial charge in [-0.05, 0) is 24.4 Å². The Kier molecular flexibility index (Phi) is 2.89. The smallest absolute Gasteiger partial charge is 0.141 e. The van der Waals surface area contributed by atoms with Crippen molar-refractivity contribution >= 4 is 11.3 Å². The van der Waals surface area contributed by atoms with E-state index in [9.17, 15) is 0 Å². The molecule has 1 fully saturated rings. The van der Waals surface area contributed by atoms with Gasteiger partial charge in [0.1, 0.15) is 5.82 Å². The molecule has 5 heteroatoms. The molecule has 18 heavy (non-hydrogen) atoms. The van der Waals surface area contributed by atoms with E-state index in [-0.39, 0.29) is 5.41 Å². The second-order valence-electron chi connectivity index (χ2n) is 4.67. The highest BCUT2D eigenvalue weighted by molar-refractivity contribution is 7.13. The molecule has 0 spiro atoms. The van der Waals surface area contributed by atoms with Gasteiger partial charge in [0.05, 0.1) is 29.2 Å². The Hall–Kier alpha value is -1.30. The van der Waals surface area contributed by atoms with Gasteiger partial charge in [-0.1, -0.05) is 6.07 Å². The summed E-state index contributed by atoms with van der Waals surface area (Å²) >= 11 is 1.68. The van der Waals surface area contributed by atoms with Gasteiger partial charge in [-0.15, -0.1) is 11.3 Å². The van der Waals surface area contributed by atoms with Crippen LogP contribution in [0.4, 0.5) is 0 Å². The molecule has 0 amide bonds. The van der Waals surface area contributed by atoms with E-state index in [1.165, 1.54) is 0 Å². The molecule has 3 rings (SSSR count). The first-order valence-electron chi connectivity index (χ1n) is 5.91. The number of thiophene rings is 1. The zero-order valence-corrected chi connectivity index (χ0v) is 11.0. The molecule has 0 bridgehead atoms. The predicted molar refractivity (Wildman–Crippen MR) is 71.6 cm³/mol. The van der Waals surface area contributed by atoms with Crippen LogP contribution in [0, 0.1) is 6.92 Å². The molecule has 1 aliphatic rings. The van der Waals surface area contributed by atoms with Crippen molar-refractivity contribution in [3.05, 3.63) is 35.1 Å². The molecule has 94 valence electrons. The summed E-state index contributed by atoms with van der Waals surface area (Å²) in [6.07, 6.45) is 0. The molecule has 1 aliphatic heterocycles. The summed E-state index contributed by atoms with van der Waals surface area (Å²) in [6.45, 7) is 3.76. The van der Waals surface area contributed by atoms with Crippen molar-refractivity contribution in [2.24, 2.45) is 5.73 Å². The molecule has 0 atom stereocenters. The first kappa shape index (κ1) is 11.8. The third-order valence-electron chi connectivity index (χ3n) is 3.25. The van der Waals surface area contributed by atoms with Crippen LogP contribution in [0.5, 0.6) is 0 Å². The summed E-state index contributed by atoms with van der Waals surface area (Å²) in [5.41, 5.74) is 7.63. The number of aryl methyl sites for hydroxylation is 1. The molecule has 2 aromatic heterocycles. The Labute approximate surface area is 110 Å². The van der Waals surface area contributed by atoms with Crippen molar-refractivity contribution in [1.82, 2.24) is 9.97 Å². The van der Waals surface area contributed by atoms with Crippen molar-refractivity contribution in [1.29, 1.82) is 0 Å². The van der Waals surface area contributed by atoms with Crippen molar-refractivity contribution in [2.45, 2.75) is 12.3 Å². The highest BCUT2D eigenvalue weighted by Gasteiger charge is 2.42. The van der Waals surface area contributed by atoms with Crippen LogP contribution in [0.15, 0.2) is 23.6 Å². The molecule has 2 aromatic rings. The minimum absolute atomic E-state index is 0.183. The molecular weight excluding hydrogens is 246 g/mol. The first-order chi connectivity index (χ1) is 8.73. The standard InChI is InChI=1S/C13H15N3OS/c1-9-5-10(11-3-2-4-18-11)16-12(15-9)13(6-14)7-17-8-13/h2-5H,6-8,14H2,1H3. The van der Waals surface area contributed by atoms with Gasteiger partial charge in [-0.25, -0.2) is 9.97 Å². The van der Waals surface area contributed by atoms with E-state index >= 15 is 0 Å². The quantitative estimate of drug-likeness (QED) is 0.914. The highest BCUT2D eigenvalue weighted by Crippen LogP contribution is 2.31. The fourth-order valence-corrected chi connectivity index (χ4v) is 2.73. The average Bonchev–Trinajstić information content (AvgIpc) is 2.81. The zero-order chi connectivity index (χ0) is 12.6. The maximum Gasteiger partial charge on any atom is 0.141 e. The van der Waals surface area contributed by atoms with E-state index in [1.54, 1.807) is 11.3 Å². The van der Waals surface area contributed by atoms with Crippen LogP contribution in [-0.2, 0) is 10.2 Å². The second-order valence-corrected chi connectivity index (χ2v) is 5.62. The topological polar surface area (TPSA) is 61.0 Å². The lowest BCUT2D eigenvalue weighted by molar-refractivity contribution is -0.0594. The normalized spacial score (nSPS) is 17.4. The number of nitrogens with zero attached hydrogens (tertiary/aromatic N) is 2. The van der Waals surface area contributed by atoms with Crippen molar-refractivity contribution < 1.29 is 4.74 Å². The molecule has 0 radical (unpaired) electrons. The van der Waals surface area contributed by atoms with Crippen LogP contribution in [0.1, 0.15) is 11.5 Å². The Bertz CT molecular complexity index is 544. The van der Waals surface area contributed by atoms with E-state index < -0.39 is 0 Å². The summed E-state index contributed by atoms with van der Waals surface area (Å²) in [5, 5.41) is 2.05. The summed E-state index contributed by atoms with van der Waals surface area (Å²) < 4.78 is 5.30. The maximum atomic E-state index is 5.86. The van der Waals surface area contributed by atoms with Crippen LogP contribution < -0.4 is 5.73 Å². The Morgan fingerprint density at radius 3 is 2.83 bits per heavy atom. The van der Waals surface area contributed by atoms with E-state index in [1.807, 2.05) is 19.1 Å². The van der Waals surface area contributed by atoms with E-state index in [0.29, 0.717) is 19.8 Å². The number of nitrogens with two attached hydrogens (primary N) is 1. The van der Waals surface area contributed by atoms with Gasteiger partial charge >= 0.3 is 0 Å². The molecule has 2 N–H and O–H groups in total. The number of hydrogen-bond acceptors (Lipinski definition) is 5. The van der Waals surface area contributed by atoms with Crippen LogP contribution in [0.3, 0.4) is 0 Å². The molecule has 0 aliphatic carbocycles. The fourth-order valence-electron chi connectivity index (χ4n) is 2.04. The van der Waals surface area contributed by atoms with Crippen molar-refractivity contribution in [3.63, 3.8) is 0 Å². The summed E-state index contributed by atoms with van der Waals surface area (Å²) in [7, 11) is 0. The van der Waals surface area contributed by atoms with Gasteiger partial charge in [0.15, 0.2) is 0 Å². The van der Waals surface area contributed by atoms with Gasteiger partial charge in [0.25, 0.3) is 0 Å². The molecule has 1 saturated heterocycles. The largest absolute Gasteiger partial charge is 0.379 e. The Morgan fingerprint density at radius 1 is 1.44 bits per heavy atom. The zero-order valence-electron chi connectivity index (χ0n) is 10.2. The highest BCUT2D eigenvalue weighted by atomic mass is 32.1. The lowest BCUT2D eigenvalue weighted by Gasteiger charge is -2.39. The predicted octanol–water partition coefficient (Wildman–Crippen LogP) is 1.74. The summed E-state index contributed by atoms with van der Waals surface area (Å²) in [5.74, 6) is 0.819. The first-order valence-corrected chi connectivity index (χ1v) is 6.79. The lowest BCUT2D eigenvalue weighted by Crippen LogP contribution is -2.53. The van der Waals surface area contributed by atoms with E-state index in [2.05, 4.69) is 21.4 Å². The lowest BCUT2D eigenvalue weighted by atomic mass is 9.85. The van der Waals surface area contributed by atoms with Gasteiger partial charge in [-0.2, -0.15) is 0 Å². The molecule has 3 heterocycles. The van der Waals surface area contributed by atoms with Crippen LogP contribution in [0.25, 0.3) is 10.6 Å². The minimum Gasteiger partial charge on any atom is -0.379 e. The van der Waals surface area contributed by atoms with Gasteiger partial charge in [0, 0.05) is 12.2 Å². The third-order valence-corrected chi connectivity index (χ3v) is 4.14. The Balaban J connectivity index is 2.06. The number of rotatable bonds is 3. The van der Waals surface area contributed by atoms with Crippen molar-refractivity contribution in [2.75, 3.05) is 19.8 Å². The molecular formula is C13H15N3OS. The number of hydrogen-bond donors (Lipinski definition) is 1. The van der Waals surface area contributed by atoms with Gasteiger partial charge < -0.3 is 10.5 Å². The van der Waals surface area contributed by atoms with E-state index in [0.717, 1.165) is 22.1 Å². The maximum absolute atomic E-state index is 5.86. The molecule has 0 unspecified atom stereocenters. The minimum atomic E-state index is -0.183. The molecule has 0 saturated carbocycles. The van der Waals surface area contributed by atoms with E-state index in [4.69, 9.17) is 10.5 Å². The number of aromatic nitrogens is 2. The monoisotopic (exact) mass is 261 g/mol. The molecule has 0 aromatic carbocycles. The van der Waals surface area contributed by atoms with Gasteiger partial charge in [0.2, 0.25) is 0 Å². The van der Waals surface area contributed by atoms with Gasteiger partial charge in [-0.3, -0.25) is 0 Å². The van der Waals surface area contributed by atoms with Crippen LogP contribution in [-0.4, -0.2) is 29.7 Å². The second kappa shape index (κ2) is 4.42. The fraction of sp³-hybridized carbons (Fsp3) is 0.385. The average molecular weight is 261 g/mol. The summed E-state index contributed by atoms with van der Waals surface area (Å²) in [4.78, 5) is 10.4. The summed E-state index contributed by atoms with van der Waals surface area (Å²) in [6, 6.07) is 6.12.